The Labute approximate surface area is 175 Å². The fraction of sp³-hybridized carbons (Fsp3) is 0.455. The molecule has 0 bridgehead atoms. The Morgan fingerprint density at radius 2 is 1.97 bits per heavy atom. The summed E-state index contributed by atoms with van der Waals surface area (Å²) < 4.78 is 16.9. The van der Waals surface area contributed by atoms with Gasteiger partial charge in [-0.2, -0.15) is 0 Å². The van der Waals surface area contributed by atoms with Crippen LogP contribution in [0.3, 0.4) is 0 Å². The molecule has 0 radical (unpaired) electrons. The Morgan fingerprint density at radius 1 is 1.13 bits per heavy atom. The molecule has 2 N–H and O–H groups in total. The first-order chi connectivity index (χ1) is 14.6. The van der Waals surface area contributed by atoms with Crippen molar-refractivity contribution in [2.75, 3.05) is 32.7 Å². The van der Waals surface area contributed by atoms with Crippen LogP contribution >= 0.6 is 0 Å². The molecule has 3 aromatic heterocycles. The van der Waals surface area contributed by atoms with E-state index in [1.165, 1.54) is 0 Å². The van der Waals surface area contributed by atoms with Crippen LogP contribution in [0.25, 0.3) is 22.0 Å². The van der Waals surface area contributed by atoms with Crippen LogP contribution in [0.2, 0.25) is 0 Å². The fourth-order valence-electron chi connectivity index (χ4n) is 3.61. The maximum atomic E-state index is 6.21. The average Bonchev–Trinajstić information content (AvgIpc) is 2.75. The maximum absolute atomic E-state index is 6.21. The summed E-state index contributed by atoms with van der Waals surface area (Å²) in [6, 6.07) is 3.70. The molecule has 1 saturated heterocycles. The molecule has 1 aliphatic rings. The van der Waals surface area contributed by atoms with Gasteiger partial charge >= 0.3 is 0 Å². The number of pyridine rings is 2. The second kappa shape index (κ2) is 9.32. The van der Waals surface area contributed by atoms with E-state index in [0.717, 1.165) is 47.1 Å². The largest absolute Gasteiger partial charge is 0.474 e. The lowest BCUT2D eigenvalue weighted by Crippen LogP contribution is -2.26. The molecule has 0 aliphatic carbocycles. The van der Waals surface area contributed by atoms with Crippen molar-refractivity contribution in [1.29, 1.82) is 0 Å². The lowest BCUT2D eigenvalue weighted by atomic mass is 10.1. The topological polar surface area (TPSA) is 105 Å². The second-order valence-electron chi connectivity index (χ2n) is 7.69. The van der Waals surface area contributed by atoms with Crippen LogP contribution in [-0.2, 0) is 15.9 Å². The quantitative estimate of drug-likeness (QED) is 0.635. The Kier molecular flexibility index (Phi) is 6.35. The summed E-state index contributed by atoms with van der Waals surface area (Å²) in [5.74, 6) is 2.11. The van der Waals surface area contributed by atoms with Gasteiger partial charge in [-0.15, -0.1) is 0 Å². The number of ether oxygens (including phenoxy) is 3. The third-order valence-electron chi connectivity index (χ3n) is 5.16. The number of anilines is 1. The lowest BCUT2D eigenvalue weighted by molar-refractivity contribution is 0.0244. The highest BCUT2D eigenvalue weighted by molar-refractivity contribution is 5.95. The molecule has 8 heteroatoms. The van der Waals surface area contributed by atoms with E-state index in [0.29, 0.717) is 37.4 Å². The number of nitrogens with two attached hydrogens (primary N) is 1. The normalized spacial score (nSPS) is 15.9. The van der Waals surface area contributed by atoms with Crippen LogP contribution < -0.4 is 10.5 Å². The highest BCUT2D eigenvalue weighted by Crippen LogP contribution is 2.32. The van der Waals surface area contributed by atoms with Crippen LogP contribution in [0.15, 0.2) is 30.7 Å². The third kappa shape index (κ3) is 4.66. The predicted octanol–water partition coefficient (Wildman–Crippen LogP) is 3.05. The standard InChI is InChI=1S/C22H27N5O3/c1-14(13-28-2)9-20-25-12-18-21(27-20)17(15-3-4-19(23)24-10-15)11-26-22(18)30-16-5-7-29-8-6-16/h3-4,10-12,14,16H,5-9,13H2,1-2H3,(H2,23,24)/t14-/m1/s1. The van der Waals surface area contributed by atoms with Gasteiger partial charge in [-0.05, 0) is 18.1 Å². The molecular weight excluding hydrogens is 382 g/mol. The molecule has 4 heterocycles. The minimum atomic E-state index is 0.0832. The minimum absolute atomic E-state index is 0.0832. The van der Waals surface area contributed by atoms with E-state index in [2.05, 4.69) is 21.9 Å². The highest BCUT2D eigenvalue weighted by Gasteiger charge is 2.20. The summed E-state index contributed by atoms with van der Waals surface area (Å²) in [4.78, 5) is 18.3. The van der Waals surface area contributed by atoms with Crippen LogP contribution in [0, 0.1) is 5.92 Å². The number of fused-ring (bicyclic) bond motifs is 1. The number of hydrogen-bond donors (Lipinski definition) is 1. The van der Waals surface area contributed by atoms with Crippen molar-refractivity contribution in [2.24, 2.45) is 5.92 Å². The highest BCUT2D eigenvalue weighted by atomic mass is 16.5. The van der Waals surface area contributed by atoms with Gasteiger partial charge in [0.25, 0.3) is 0 Å². The second-order valence-corrected chi connectivity index (χ2v) is 7.69. The summed E-state index contributed by atoms with van der Waals surface area (Å²) in [5.41, 5.74) is 8.33. The van der Waals surface area contributed by atoms with Gasteiger partial charge in [-0.25, -0.2) is 19.9 Å². The summed E-state index contributed by atoms with van der Waals surface area (Å²) >= 11 is 0. The van der Waals surface area contributed by atoms with Crippen molar-refractivity contribution >= 4 is 16.7 Å². The van der Waals surface area contributed by atoms with E-state index in [1.54, 1.807) is 25.6 Å². The predicted molar refractivity (Wildman–Crippen MR) is 114 cm³/mol. The van der Waals surface area contributed by atoms with Crippen molar-refractivity contribution in [2.45, 2.75) is 32.3 Å². The van der Waals surface area contributed by atoms with E-state index in [4.69, 9.17) is 24.9 Å². The number of nitrogen functional groups attached to an aromatic ring is 1. The SMILES string of the molecule is COC[C@H](C)Cc1ncc2c(OC3CCOCC3)ncc(-c3ccc(N)nc3)c2n1. The van der Waals surface area contributed by atoms with Gasteiger partial charge in [0, 0.05) is 62.7 Å². The summed E-state index contributed by atoms with van der Waals surface area (Å²) in [6.45, 7) is 4.18. The number of methoxy groups -OCH3 is 1. The van der Waals surface area contributed by atoms with Crippen LogP contribution in [0.1, 0.15) is 25.6 Å². The van der Waals surface area contributed by atoms with Gasteiger partial charge in [0.1, 0.15) is 17.7 Å². The Bertz CT molecular complexity index is 990. The minimum Gasteiger partial charge on any atom is -0.474 e. The molecule has 0 unspecified atom stereocenters. The molecule has 1 atom stereocenters. The zero-order chi connectivity index (χ0) is 20.9. The van der Waals surface area contributed by atoms with E-state index >= 15 is 0 Å². The van der Waals surface area contributed by atoms with Gasteiger partial charge < -0.3 is 19.9 Å². The monoisotopic (exact) mass is 409 g/mol. The van der Waals surface area contributed by atoms with Gasteiger partial charge in [0.15, 0.2) is 0 Å². The van der Waals surface area contributed by atoms with Crippen molar-refractivity contribution < 1.29 is 14.2 Å². The molecule has 3 aromatic rings. The molecule has 158 valence electrons. The number of aromatic nitrogens is 4. The first-order valence-electron chi connectivity index (χ1n) is 10.2. The van der Waals surface area contributed by atoms with Crippen LogP contribution in [-0.4, -0.2) is 53.0 Å². The van der Waals surface area contributed by atoms with Crippen LogP contribution in [0.4, 0.5) is 5.82 Å². The molecular formula is C22H27N5O3. The molecule has 0 aromatic carbocycles. The van der Waals surface area contributed by atoms with Crippen LogP contribution in [0.5, 0.6) is 5.88 Å². The summed E-state index contributed by atoms with van der Waals surface area (Å²) in [7, 11) is 1.70. The molecule has 0 spiro atoms. The number of nitrogens with zero attached hydrogens (tertiary/aromatic N) is 4. The molecule has 0 saturated carbocycles. The average molecular weight is 409 g/mol. The first-order valence-corrected chi connectivity index (χ1v) is 10.2. The zero-order valence-corrected chi connectivity index (χ0v) is 17.4. The molecule has 30 heavy (non-hydrogen) atoms. The third-order valence-corrected chi connectivity index (χ3v) is 5.16. The Morgan fingerprint density at radius 3 is 2.70 bits per heavy atom. The molecule has 1 fully saturated rings. The van der Waals surface area contributed by atoms with E-state index in [-0.39, 0.29) is 6.10 Å². The number of hydrogen-bond acceptors (Lipinski definition) is 8. The van der Waals surface area contributed by atoms with E-state index in [9.17, 15) is 0 Å². The molecule has 0 amide bonds. The molecule has 1 aliphatic heterocycles. The smallest absolute Gasteiger partial charge is 0.224 e. The summed E-state index contributed by atoms with van der Waals surface area (Å²) in [6.07, 6.45) is 7.84. The van der Waals surface area contributed by atoms with Gasteiger partial charge in [-0.1, -0.05) is 6.92 Å². The Hall–Kier alpha value is -2.84. The maximum Gasteiger partial charge on any atom is 0.224 e. The fourth-order valence-corrected chi connectivity index (χ4v) is 3.61. The van der Waals surface area contributed by atoms with E-state index < -0.39 is 0 Å². The van der Waals surface area contributed by atoms with Gasteiger partial charge in [0.05, 0.1) is 24.1 Å². The van der Waals surface area contributed by atoms with Crippen molar-refractivity contribution in [3.8, 4) is 17.0 Å². The van der Waals surface area contributed by atoms with Crippen molar-refractivity contribution in [3.05, 3.63) is 36.5 Å². The lowest BCUT2D eigenvalue weighted by Gasteiger charge is -2.23. The molecule has 4 rings (SSSR count). The Balaban J connectivity index is 1.75. The first kappa shape index (κ1) is 20.4. The zero-order valence-electron chi connectivity index (χ0n) is 17.4. The van der Waals surface area contributed by atoms with E-state index in [1.807, 2.05) is 12.3 Å². The number of rotatable bonds is 7. The summed E-state index contributed by atoms with van der Waals surface area (Å²) in [5, 5.41) is 0.791. The van der Waals surface area contributed by atoms with Gasteiger partial charge in [-0.3, -0.25) is 0 Å². The van der Waals surface area contributed by atoms with Crippen molar-refractivity contribution in [3.63, 3.8) is 0 Å². The van der Waals surface area contributed by atoms with Gasteiger partial charge in [0.2, 0.25) is 5.88 Å². The van der Waals surface area contributed by atoms with Crippen molar-refractivity contribution in [1.82, 2.24) is 19.9 Å². The molecule has 8 nitrogen and oxygen atoms in total.